The molecule has 0 aliphatic heterocycles. The zero-order valence-electron chi connectivity index (χ0n) is 11.3. The van der Waals surface area contributed by atoms with E-state index in [0.717, 1.165) is 25.1 Å². The van der Waals surface area contributed by atoms with Crippen molar-refractivity contribution >= 4 is 0 Å². The second-order valence-electron chi connectivity index (χ2n) is 4.76. The molecule has 0 spiro atoms. The maximum atomic E-state index is 5.49. The van der Waals surface area contributed by atoms with Gasteiger partial charge in [-0.2, -0.15) is 5.10 Å². The summed E-state index contributed by atoms with van der Waals surface area (Å²) in [4.78, 5) is 0. The molecule has 1 unspecified atom stereocenters. The zero-order valence-corrected chi connectivity index (χ0v) is 11.3. The first-order valence-corrected chi connectivity index (χ1v) is 6.30. The summed E-state index contributed by atoms with van der Waals surface area (Å²) in [5, 5.41) is 7.89. The quantitative estimate of drug-likeness (QED) is 0.765. The Morgan fingerprint density at radius 2 is 2.24 bits per heavy atom. The summed E-state index contributed by atoms with van der Waals surface area (Å²) in [5.41, 5.74) is 2.41. The number of terminal acetylenes is 1. The molecule has 0 aromatic carbocycles. The molecule has 1 aromatic rings. The molecule has 0 saturated carbocycles. The molecule has 0 bridgehead atoms. The second-order valence-corrected chi connectivity index (χ2v) is 4.76. The normalized spacial score (nSPS) is 12.7. The molecule has 1 rings (SSSR count). The molecule has 0 aliphatic carbocycles. The van der Waals surface area contributed by atoms with Crippen molar-refractivity contribution < 1.29 is 0 Å². The predicted molar refractivity (Wildman–Crippen MR) is 71.7 cm³/mol. The van der Waals surface area contributed by atoms with Crippen LogP contribution in [0.2, 0.25) is 0 Å². The summed E-state index contributed by atoms with van der Waals surface area (Å²) in [5.74, 6) is 3.24. The first kappa shape index (κ1) is 13.8. The maximum absolute atomic E-state index is 5.49. The smallest absolute Gasteiger partial charge is 0.0694 e. The van der Waals surface area contributed by atoms with E-state index in [2.05, 4.69) is 43.3 Å². The van der Waals surface area contributed by atoms with Crippen LogP contribution in [0.15, 0.2) is 6.20 Å². The van der Waals surface area contributed by atoms with Crippen LogP contribution in [0.4, 0.5) is 0 Å². The van der Waals surface area contributed by atoms with Crippen molar-refractivity contribution in [1.82, 2.24) is 15.1 Å². The highest BCUT2D eigenvalue weighted by atomic mass is 15.3. The average molecular weight is 233 g/mol. The van der Waals surface area contributed by atoms with E-state index < -0.39 is 0 Å². The van der Waals surface area contributed by atoms with Crippen molar-refractivity contribution in [2.45, 2.75) is 52.1 Å². The minimum Gasteiger partial charge on any atom is -0.299 e. The summed E-state index contributed by atoms with van der Waals surface area (Å²) >= 11 is 0. The van der Waals surface area contributed by atoms with Gasteiger partial charge >= 0.3 is 0 Å². The van der Waals surface area contributed by atoms with Gasteiger partial charge in [-0.1, -0.05) is 33.1 Å². The van der Waals surface area contributed by atoms with Gasteiger partial charge in [0, 0.05) is 25.4 Å². The molecule has 3 heteroatoms. The lowest BCUT2D eigenvalue weighted by atomic mass is 10.1. The van der Waals surface area contributed by atoms with Gasteiger partial charge < -0.3 is 0 Å². The Morgan fingerprint density at radius 1 is 1.53 bits per heavy atom. The predicted octanol–water partition coefficient (Wildman–Crippen LogP) is 2.44. The van der Waals surface area contributed by atoms with Crippen LogP contribution in [0.25, 0.3) is 0 Å². The summed E-state index contributed by atoms with van der Waals surface area (Å²) in [6, 6.07) is 0.167. The Balaban J connectivity index is 2.65. The molecule has 0 amide bonds. The van der Waals surface area contributed by atoms with Crippen molar-refractivity contribution in [2.24, 2.45) is 7.05 Å². The lowest BCUT2D eigenvalue weighted by Gasteiger charge is -2.12. The summed E-state index contributed by atoms with van der Waals surface area (Å²) in [6.45, 7) is 7.28. The van der Waals surface area contributed by atoms with Crippen molar-refractivity contribution in [3.05, 3.63) is 17.5 Å². The van der Waals surface area contributed by atoms with Crippen molar-refractivity contribution in [3.8, 4) is 12.3 Å². The molecule has 1 N–H and O–H groups in total. The van der Waals surface area contributed by atoms with Gasteiger partial charge in [0.1, 0.15) is 0 Å². The Kier molecular flexibility index (Phi) is 5.24. The fourth-order valence-corrected chi connectivity index (χ4v) is 1.94. The fraction of sp³-hybridized carbons (Fsp3) is 0.643. The molecule has 3 nitrogen and oxygen atoms in total. The average Bonchev–Trinajstić information content (AvgIpc) is 2.66. The number of nitrogens with zero attached hydrogens (tertiary/aromatic N) is 2. The minimum atomic E-state index is 0.167. The van der Waals surface area contributed by atoms with E-state index in [-0.39, 0.29) is 6.04 Å². The summed E-state index contributed by atoms with van der Waals surface area (Å²) in [7, 11) is 1.96. The summed E-state index contributed by atoms with van der Waals surface area (Å²) < 4.78 is 1.87. The highest BCUT2D eigenvalue weighted by molar-refractivity contribution is 5.20. The van der Waals surface area contributed by atoms with Crippen LogP contribution in [0, 0.1) is 12.3 Å². The third kappa shape index (κ3) is 3.90. The Morgan fingerprint density at radius 3 is 2.76 bits per heavy atom. The molecule has 0 fully saturated rings. The zero-order chi connectivity index (χ0) is 12.8. The van der Waals surface area contributed by atoms with Crippen molar-refractivity contribution in [1.29, 1.82) is 0 Å². The second kappa shape index (κ2) is 6.46. The molecule has 1 aromatic heterocycles. The van der Waals surface area contributed by atoms with Gasteiger partial charge in [0.05, 0.1) is 11.7 Å². The number of aromatic nitrogens is 2. The van der Waals surface area contributed by atoms with Crippen molar-refractivity contribution in [3.63, 3.8) is 0 Å². The van der Waals surface area contributed by atoms with Crippen LogP contribution in [0.1, 0.15) is 50.8 Å². The Labute approximate surface area is 105 Å². The number of hydrogen-bond acceptors (Lipinski definition) is 2. The van der Waals surface area contributed by atoms with Gasteiger partial charge in [0.2, 0.25) is 0 Å². The number of hydrogen-bond donors (Lipinski definition) is 1. The monoisotopic (exact) mass is 233 g/mol. The third-order valence-corrected chi connectivity index (χ3v) is 2.80. The van der Waals surface area contributed by atoms with Crippen LogP contribution in [-0.2, 0) is 13.6 Å². The largest absolute Gasteiger partial charge is 0.299 e. The van der Waals surface area contributed by atoms with Crippen LogP contribution >= 0.6 is 0 Å². The number of rotatable bonds is 6. The maximum Gasteiger partial charge on any atom is 0.0694 e. The lowest BCUT2D eigenvalue weighted by Crippen LogP contribution is -2.27. The molecular formula is C14H23N3. The van der Waals surface area contributed by atoms with Crippen LogP contribution in [0.5, 0.6) is 0 Å². The lowest BCUT2D eigenvalue weighted by molar-refractivity contribution is 0.559. The molecule has 0 saturated heterocycles. The summed E-state index contributed by atoms with van der Waals surface area (Å²) in [6.07, 6.45) is 9.69. The number of aryl methyl sites for hydroxylation is 1. The van der Waals surface area contributed by atoms with Crippen molar-refractivity contribution in [2.75, 3.05) is 0 Å². The van der Waals surface area contributed by atoms with Gasteiger partial charge in [-0.05, 0) is 12.3 Å². The van der Waals surface area contributed by atoms with E-state index in [4.69, 9.17) is 6.42 Å². The van der Waals surface area contributed by atoms with Crippen LogP contribution in [0.3, 0.4) is 0 Å². The minimum absolute atomic E-state index is 0.167. The molecule has 94 valence electrons. The van der Waals surface area contributed by atoms with Gasteiger partial charge in [-0.3, -0.25) is 10.00 Å². The molecule has 1 atom stereocenters. The van der Waals surface area contributed by atoms with E-state index in [1.807, 2.05) is 11.7 Å². The van der Waals surface area contributed by atoms with E-state index >= 15 is 0 Å². The SMILES string of the molecule is C#CC(CCC)NCc1cn(C)nc1C(C)C. The molecular weight excluding hydrogens is 210 g/mol. The van der Waals surface area contributed by atoms with E-state index in [9.17, 15) is 0 Å². The molecule has 17 heavy (non-hydrogen) atoms. The highest BCUT2D eigenvalue weighted by Gasteiger charge is 2.12. The first-order chi connectivity index (χ1) is 8.08. The van der Waals surface area contributed by atoms with Gasteiger partial charge in [0.15, 0.2) is 0 Å². The first-order valence-electron chi connectivity index (χ1n) is 6.30. The molecule has 0 aliphatic rings. The molecule has 1 heterocycles. The Hall–Kier alpha value is -1.27. The topological polar surface area (TPSA) is 29.9 Å². The highest BCUT2D eigenvalue weighted by Crippen LogP contribution is 2.17. The standard InChI is InChI=1S/C14H23N3/c1-6-8-13(7-2)15-9-12-10-17(5)16-14(12)11(3)4/h2,10-11,13,15H,6,8-9H2,1,3-5H3. The van der Waals surface area contributed by atoms with E-state index in [0.29, 0.717) is 5.92 Å². The van der Waals surface area contributed by atoms with Crippen LogP contribution < -0.4 is 5.32 Å². The number of nitrogens with one attached hydrogen (secondary N) is 1. The van der Waals surface area contributed by atoms with E-state index in [1.54, 1.807) is 0 Å². The fourth-order valence-electron chi connectivity index (χ4n) is 1.94. The third-order valence-electron chi connectivity index (χ3n) is 2.80. The van der Waals surface area contributed by atoms with Gasteiger partial charge in [0.25, 0.3) is 0 Å². The van der Waals surface area contributed by atoms with Crippen LogP contribution in [-0.4, -0.2) is 15.8 Å². The molecule has 0 radical (unpaired) electrons. The Bertz CT molecular complexity index is 385. The van der Waals surface area contributed by atoms with Gasteiger partial charge in [-0.15, -0.1) is 6.42 Å². The van der Waals surface area contributed by atoms with Gasteiger partial charge in [-0.25, -0.2) is 0 Å². The van der Waals surface area contributed by atoms with E-state index in [1.165, 1.54) is 5.56 Å².